The third-order valence-corrected chi connectivity index (χ3v) is 3.83. The second-order valence-corrected chi connectivity index (χ2v) is 4.54. The molecule has 0 amide bonds. The van der Waals surface area contributed by atoms with E-state index in [1.807, 2.05) is 18.2 Å². The summed E-state index contributed by atoms with van der Waals surface area (Å²) in [6.07, 6.45) is 2.55. The van der Waals surface area contributed by atoms with Gasteiger partial charge in [0.1, 0.15) is 0 Å². The maximum atomic E-state index is 12.2. The predicted molar refractivity (Wildman–Crippen MR) is 58.7 cm³/mol. The number of rotatable bonds is 0. The highest BCUT2D eigenvalue weighted by Gasteiger charge is 2.44. The Morgan fingerprint density at radius 1 is 1.00 bits per heavy atom. The van der Waals surface area contributed by atoms with Crippen LogP contribution < -0.4 is 0 Å². The maximum Gasteiger partial charge on any atom is 0.205 e. The Bertz CT molecular complexity index is 594. The van der Waals surface area contributed by atoms with Gasteiger partial charge < -0.3 is 4.42 Å². The van der Waals surface area contributed by atoms with Crippen LogP contribution in [-0.4, -0.2) is 5.78 Å². The molecule has 2 aromatic rings. The second-order valence-electron chi connectivity index (χ2n) is 4.54. The van der Waals surface area contributed by atoms with E-state index in [1.165, 1.54) is 11.1 Å². The minimum Gasteiger partial charge on any atom is -0.461 e. The number of fused-ring (bicyclic) bond motifs is 7. The van der Waals surface area contributed by atoms with Crippen molar-refractivity contribution in [2.75, 3.05) is 0 Å². The molecule has 1 aromatic heterocycles. The van der Waals surface area contributed by atoms with E-state index in [9.17, 15) is 4.79 Å². The van der Waals surface area contributed by atoms with Crippen molar-refractivity contribution < 1.29 is 9.21 Å². The number of furan rings is 1. The summed E-state index contributed by atoms with van der Waals surface area (Å²) in [5, 5.41) is 0. The summed E-state index contributed by atoms with van der Waals surface area (Å²) in [5.74, 6) is 1.13. The summed E-state index contributed by atoms with van der Waals surface area (Å²) in [6, 6.07) is 10.2. The van der Waals surface area contributed by atoms with Gasteiger partial charge >= 0.3 is 0 Å². The summed E-state index contributed by atoms with van der Waals surface area (Å²) in [5.41, 5.74) is 3.58. The van der Waals surface area contributed by atoms with Gasteiger partial charge in [-0.15, -0.1) is 0 Å². The van der Waals surface area contributed by atoms with Crippen LogP contribution in [0.25, 0.3) is 0 Å². The number of Topliss-reactive ketones (excluding diaryl/α,β-unsaturated/α-hetero) is 1. The average molecular weight is 210 g/mol. The minimum atomic E-state index is 0.0276. The minimum absolute atomic E-state index is 0.0276. The molecule has 0 N–H and O–H groups in total. The Hall–Kier alpha value is -1.83. The van der Waals surface area contributed by atoms with Crippen molar-refractivity contribution >= 4 is 5.78 Å². The fourth-order valence-corrected chi connectivity index (χ4v) is 3.13. The van der Waals surface area contributed by atoms with E-state index < -0.39 is 0 Å². The zero-order chi connectivity index (χ0) is 10.7. The number of hydrogen-bond acceptors (Lipinski definition) is 2. The number of carbonyl (C=O) groups excluding carboxylic acids is 1. The van der Waals surface area contributed by atoms with Gasteiger partial charge in [0.15, 0.2) is 5.76 Å². The van der Waals surface area contributed by atoms with Crippen LogP contribution in [0.2, 0.25) is 0 Å². The molecule has 0 saturated carbocycles. The van der Waals surface area contributed by atoms with E-state index >= 15 is 0 Å². The van der Waals surface area contributed by atoms with Crippen molar-refractivity contribution in [2.45, 2.75) is 18.3 Å². The van der Waals surface area contributed by atoms with Gasteiger partial charge in [0, 0.05) is 11.5 Å². The highest BCUT2D eigenvalue weighted by molar-refractivity contribution is 6.03. The zero-order valence-electron chi connectivity index (χ0n) is 8.64. The predicted octanol–water partition coefficient (Wildman–Crippen LogP) is 3.10. The number of benzene rings is 1. The van der Waals surface area contributed by atoms with E-state index in [0.29, 0.717) is 11.7 Å². The highest BCUT2D eigenvalue weighted by atomic mass is 16.3. The van der Waals surface area contributed by atoms with Crippen molar-refractivity contribution in [2.24, 2.45) is 0 Å². The summed E-state index contributed by atoms with van der Waals surface area (Å²) in [7, 11) is 0. The summed E-state index contributed by atoms with van der Waals surface area (Å²) in [6.45, 7) is 0. The Morgan fingerprint density at radius 2 is 1.75 bits per heavy atom. The lowest BCUT2D eigenvalue weighted by Crippen LogP contribution is -2.16. The summed E-state index contributed by atoms with van der Waals surface area (Å²) >= 11 is 0. The van der Waals surface area contributed by atoms with Crippen LogP contribution in [0.4, 0.5) is 0 Å². The van der Waals surface area contributed by atoms with Gasteiger partial charge in [0.2, 0.25) is 5.78 Å². The molecule has 0 spiro atoms. The summed E-state index contributed by atoms with van der Waals surface area (Å²) in [4.78, 5) is 12.2. The molecule has 1 aromatic carbocycles. The molecule has 0 fully saturated rings. The quantitative estimate of drug-likeness (QED) is 0.668. The number of carbonyl (C=O) groups is 1. The van der Waals surface area contributed by atoms with Gasteiger partial charge in [-0.3, -0.25) is 4.79 Å². The van der Waals surface area contributed by atoms with Gasteiger partial charge in [0.25, 0.3) is 0 Å². The Kier molecular flexibility index (Phi) is 1.38. The fraction of sp³-hybridized carbons (Fsp3) is 0.214. The molecule has 1 heterocycles. The van der Waals surface area contributed by atoms with Gasteiger partial charge in [-0.2, -0.15) is 0 Å². The topological polar surface area (TPSA) is 30.2 Å². The van der Waals surface area contributed by atoms with Crippen molar-refractivity contribution in [3.8, 4) is 0 Å². The Balaban J connectivity index is 2.05. The Morgan fingerprint density at radius 3 is 2.56 bits per heavy atom. The van der Waals surface area contributed by atoms with Crippen LogP contribution in [0.15, 0.2) is 41.0 Å². The molecule has 0 radical (unpaired) electrons. The molecule has 0 saturated heterocycles. The first-order valence-corrected chi connectivity index (χ1v) is 5.56. The van der Waals surface area contributed by atoms with Crippen molar-refractivity contribution in [1.29, 1.82) is 0 Å². The van der Waals surface area contributed by atoms with E-state index in [2.05, 4.69) is 12.1 Å². The van der Waals surface area contributed by atoms with E-state index in [-0.39, 0.29) is 11.7 Å². The van der Waals surface area contributed by atoms with Crippen molar-refractivity contribution in [3.05, 3.63) is 59.0 Å². The lowest BCUT2D eigenvalue weighted by atomic mass is 9.85. The molecule has 16 heavy (non-hydrogen) atoms. The van der Waals surface area contributed by atoms with Crippen molar-refractivity contribution in [3.63, 3.8) is 0 Å². The van der Waals surface area contributed by atoms with E-state index in [4.69, 9.17) is 4.42 Å². The molecule has 2 heteroatoms. The second kappa shape index (κ2) is 2.64. The van der Waals surface area contributed by atoms with Crippen LogP contribution in [0.1, 0.15) is 45.5 Å². The molecule has 2 bridgehead atoms. The zero-order valence-corrected chi connectivity index (χ0v) is 8.64. The SMILES string of the molecule is O=C1c2occc2C2CC1c1ccccc12. The third kappa shape index (κ3) is 0.815. The first-order chi connectivity index (χ1) is 7.86. The largest absolute Gasteiger partial charge is 0.461 e. The Labute approximate surface area is 92.9 Å². The molecular weight excluding hydrogens is 200 g/mol. The average Bonchev–Trinajstić information content (AvgIpc) is 2.91. The van der Waals surface area contributed by atoms with Crippen molar-refractivity contribution in [1.82, 2.24) is 0 Å². The maximum absolute atomic E-state index is 12.2. The smallest absolute Gasteiger partial charge is 0.205 e. The molecule has 0 aliphatic heterocycles. The van der Waals surface area contributed by atoms with Crippen LogP contribution in [0.5, 0.6) is 0 Å². The molecule has 4 rings (SSSR count). The van der Waals surface area contributed by atoms with E-state index in [1.54, 1.807) is 6.26 Å². The normalized spacial score (nSPS) is 25.4. The third-order valence-electron chi connectivity index (χ3n) is 3.83. The standard InChI is InChI=1S/C14H10O2/c15-13-12-7-11(10-5-6-16-14(10)13)8-3-1-2-4-9(8)12/h1-6,11-12H,7H2. The van der Waals surface area contributed by atoms with Crippen LogP contribution in [0, 0.1) is 0 Å². The van der Waals surface area contributed by atoms with Crippen LogP contribution in [-0.2, 0) is 0 Å². The first-order valence-electron chi connectivity index (χ1n) is 5.56. The van der Waals surface area contributed by atoms with Gasteiger partial charge in [-0.05, 0) is 23.6 Å². The molecule has 2 atom stereocenters. The van der Waals surface area contributed by atoms with Gasteiger partial charge in [0.05, 0.1) is 12.2 Å². The highest BCUT2D eigenvalue weighted by Crippen LogP contribution is 2.51. The first kappa shape index (κ1) is 8.34. The molecule has 2 nitrogen and oxygen atoms in total. The molecular formula is C14H10O2. The molecule has 2 aliphatic carbocycles. The number of ketones is 1. The lowest BCUT2D eigenvalue weighted by molar-refractivity contribution is 0.0920. The van der Waals surface area contributed by atoms with Gasteiger partial charge in [-0.1, -0.05) is 24.3 Å². The molecule has 2 aliphatic rings. The van der Waals surface area contributed by atoms with E-state index in [0.717, 1.165) is 12.0 Å². The summed E-state index contributed by atoms with van der Waals surface area (Å²) < 4.78 is 5.33. The monoisotopic (exact) mass is 210 g/mol. The number of hydrogen-bond donors (Lipinski definition) is 0. The van der Waals surface area contributed by atoms with Crippen LogP contribution in [0.3, 0.4) is 0 Å². The molecule has 2 unspecified atom stereocenters. The van der Waals surface area contributed by atoms with Gasteiger partial charge in [-0.25, -0.2) is 0 Å². The fourth-order valence-electron chi connectivity index (χ4n) is 3.13. The van der Waals surface area contributed by atoms with Crippen LogP contribution >= 0.6 is 0 Å². The lowest BCUT2D eigenvalue weighted by Gasteiger charge is -2.17. The molecule has 78 valence electrons.